The number of sulfonamides is 1. The second-order valence-electron chi connectivity index (χ2n) is 15.5. The summed E-state index contributed by atoms with van der Waals surface area (Å²) >= 11 is 0. The van der Waals surface area contributed by atoms with E-state index in [-0.39, 0.29) is 19.4 Å². The molecule has 6 rings (SSSR count). The quantitative estimate of drug-likeness (QED) is 0.359. The zero-order valence-electron chi connectivity index (χ0n) is 30.1. The largest absolute Gasteiger partial charge is 0.459 e. The Kier molecular flexibility index (Phi) is 9.90. The molecule has 0 bridgehead atoms. The number of ether oxygens (including phenoxy) is 2. The van der Waals surface area contributed by atoms with Crippen molar-refractivity contribution in [3.05, 3.63) is 36.4 Å². The number of alkyl carbamates (subject to hydrolysis) is 1. The number of fused-ring (bicyclic) bond motifs is 3. The zero-order valence-corrected chi connectivity index (χ0v) is 30.9. The lowest BCUT2D eigenvalue weighted by Gasteiger charge is -2.30. The first-order valence-electron chi connectivity index (χ1n) is 18.0. The highest BCUT2D eigenvalue weighted by Crippen LogP contribution is 2.47. The van der Waals surface area contributed by atoms with Crippen molar-refractivity contribution in [2.75, 3.05) is 6.54 Å². The van der Waals surface area contributed by atoms with E-state index in [1.807, 2.05) is 47.9 Å². The van der Waals surface area contributed by atoms with E-state index in [0.717, 1.165) is 23.9 Å². The van der Waals surface area contributed by atoms with Crippen LogP contribution in [0.5, 0.6) is 6.01 Å². The number of hydrogen-bond donors (Lipinski definition) is 3. The van der Waals surface area contributed by atoms with Crippen LogP contribution in [0.4, 0.5) is 4.79 Å². The number of allylic oxidation sites excluding steroid dienone is 1. The lowest BCUT2D eigenvalue weighted by molar-refractivity contribution is -0.141. The lowest BCUT2D eigenvalue weighted by Crippen LogP contribution is -2.58. The van der Waals surface area contributed by atoms with Crippen LogP contribution < -0.4 is 20.1 Å². The first-order valence-corrected chi connectivity index (χ1v) is 19.5. The second kappa shape index (κ2) is 13.8. The Morgan fingerprint density at radius 3 is 2.57 bits per heavy atom. The molecule has 3 N–H and O–H groups in total. The molecule has 1 aromatic carbocycles. The van der Waals surface area contributed by atoms with Crippen LogP contribution in [0.1, 0.15) is 92.4 Å². The van der Waals surface area contributed by atoms with Crippen LogP contribution in [0.2, 0.25) is 0 Å². The molecule has 2 aromatic rings. The normalized spacial score (nSPS) is 28.7. The van der Waals surface area contributed by atoms with Gasteiger partial charge in [0.1, 0.15) is 29.3 Å². The summed E-state index contributed by atoms with van der Waals surface area (Å²) in [6, 6.07) is 5.91. The van der Waals surface area contributed by atoms with Crippen LogP contribution in [0.3, 0.4) is 0 Å². The van der Waals surface area contributed by atoms with Crippen molar-refractivity contribution in [2.24, 2.45) is 5.92 Å². The molecule has 15 heteroatoms. The number of aromatic nitrogens is 2. The molecule has 4 aliphatic rings. The number of benzene rings is 1. The standard InChI is InChI=1S/C36H50N6O8S/c1-6-41-27-17-13-12-15-25(27)37-32(41)49-24-20-28-29(43)39-36(31(45)40-51(47,48)35(5)18-19-35)21-23(36)14-10-8-7-9-11-16-26(30(44)42(28)22-24)38-33(46)50-34(2,3)4/h10,12-15,17,23-24,26,28H,6-9,11,16,18-22H2,1-5H3,(H,38,46)(H,39,43)(H,40,45)/b14-10-/t23-,24+,26-,28-,36+/m0/s1. The van der Waals surface area contributed by atoms with Gasteiger partial charge in [0.05, 0.1) is 22.3 Å². The summed E-state index contributed by atoms with van der Waals surface area (Å²) in [6.45, 7) is 9.36. The Bertz CT molecular complexity index is 1830. The average Bonchev–Trinajstić information content (AvgIpc) is 3.88. The fourth-order valence-electron chi connectivity index (χ4n) is 6.99. The van der Waals surface area contributed by atoms with Crippen molar-refractivity contribution in [2.45, 2.75) is 133 Å². The molecule has 3 heterocycles. The Hall–Kier alpha value is -4.14. The second-order valence-corrected chi connectivity index (χ2v) is 17.7. The van der Waals surface area contributed by atoms with Gasteiger partial charge in [-0.15, -0.1) is 0 Å². The fraction of sp³-hybridized carbons (Fsp3) is 0.639. The van der Waals surface area contributed by atoms with Crippen molar-refractivity contribution in [3.63, 3.8) is 0 Å². The predicted molar refractivity (Wildman–Crippen MR) is 189 cm³/mol. The summed E-state index contributed by atoms with van der Waals surface area (Å²) in [4.78, 5) is 61.5. The summed E-state index contributed by atoms with van der Waals surface area (Å²) in [5.41, 5.74) is -0.661. The van der Waals surface area contributed by atoms with Gasteiger partial charge in [0.25, 0.3) is 11.9 Å². The molecular weight excluding hydrogens is 676 g/mol. The summed E-state index contributed by atoms with van der Waals surface area (Å²) in [6.07, 6.45) is 6.87. The maximum absolute atomic E-state index is 14.4. The van der Waals surface area contributed by atoms with Crippen LogP contribution in [-0.2, 0) is 35.7 Å². The van der Waals surface area contributed by atoms with Gasteiger partial charge in [-0.2, -0.15) is 4.98 Å². The number of carbonyl (C=O) groups is 4. The van der Waals surface area contributed by atoms with Crippen molar-refractivity contribution < 1.29 is 37.1 Å². The molecule has 5 atom stereocenters. The highest BCUT2D eigenvalue weighted by molar-refractivity contribution is 7.91. The van der Waals surface area contributed by atoms with Gasteiger partial charge in [-0.1, -0.05) is 37.1 Å². The molecule has 3 fully saturated rings. The Labute approximate surface area is 299 Å². The maximum atomic E-state index is 14.4. The van der Waals surface area contributed by atoms with E-state index in [1.54, 1.807) is 27.7 Å². The number of nitrogens with zero attached hydrogens (tertiary/aromatic N) is 3. The summed E-state index contributed by atoms with van der Waals surface area (Å²) in [7, 11) is -3.97. The van der Waals surface area contributed by atoms with Gasteiger partial charge >= 0.3 is 6.09 Å². The Morgan fingerprint density at radius 1 is 1.12 bits per heavy atom. The van der Waals surface area contributed by atoms with Crippen molar-refractivity contribution >= 4 is 44.9 Å². The van der Waals surface area contributed by atoms with Crippen LogP contribution >= 0.6 is 0 Å². The molecule has 14 nitrogen and oxygen atoms in total. The third kappa shape index (κ3) is 7.73. The van der Waals surface area contributed by atoms with E-state index in [2.05, 4.69) is 20.3 Å². The first-order chi connectivity index (χ1) is 24.1. The molecule has 2 aliphatic carbocycles. The van der Waals surface area contributed by atoms with Gasteiger partial charge in [-0.25, -0.2) is 13.2 Å². The van der Waals surface area contributed by atoms with Crippen LogP contribution in [0.25, 0.3) is 11.0 Å². The van der Waals surface area contributed by atoms with Gasteiger partial charge < -0.3 is 25.0 Å². The van der Waals surface area contributed by atoms with Gasteiger partial charge in [0.2, 0.25) is 21.8 Å². The minimum absolute atomic E-state index is 0.0194. The van der Waals surface area contributed by atoms with E-state index in [0.29, 0.717) is 44.7 Å². The molecular formula is C36H50N6O8S. The minimum atomic E-state index is -3.97. The SMILES string of the molecule is CCn1c(O[C@@H]2C[C@H]3C(=O)N[C@]4(C(=O)NS(=O)(=O)C5(C)CC5)C[C@@H]4/C=C\CCCCC[C@H](NC(=O)OC(C)(C)C)C(=O)N3C2)nc2ccccc21. The van der Waals surface area contributed by atoms with Gasteiger partial charge in [-0.3, -0.25) is 23.7 Å². The van der Waals surface area contributed by atoms with E-state index in [4.69, 9.17) is 9.47 Å². The molecule has 4 amide bonds. The predicted octanol–water partition coefficient (Wildman–Crippen LogP) is 3.69. The number of rotatable bonds is 7. The molecule has 0 radical (unpaired) electrons. The molecule has 278 valence electrons. The summed E-state index contributed by atoms with van der Waals surface area (Å²) in [5, 5.41) is 5.64. The van der Waals surface area contributed by atoms with Crippen LogP contribution in [-0.4, -0.2) is 87.3 Å². The topological polar surface area (TPSA) is 178 Å². The lowest BCUT2D eigenvalue weighted by atomic mass is 10.0. The summed E-state index contributed by atoms with van der Waals surface area (Å²) < 4.78 is 41.3. The molecule has 0 unspecified atom stereocenters. The van der Waals surface area contributed by atoms with Gasteiger partial charge in [0, 0.05) is 18.9 Å². The maximum Gasteiger partial charge on any atom is 0.408 e. The number of hydrogen-bond acceptors (Lipinski definition) is 9. The molecule has 1 saturated heterocycles. The third-order valence-corrected chi connectivity index (χ3v) is 12.5. The highest BCUT2D eigenvalue weighted by Gasteiger charge is 2.63. The third-order valence-electron chi connectivity index (χ3n) is 10.4. The molecule has 51 heavy (non-hydrogen) atoms. The van der Waals surface area contributed by atoms with E-state index in [9.17, 15) is 27.6 Å². The van der Waals surface area contributed by atoms with E-state index >= 15 is 0 Å². The fourth-order valence-corrected chi connectivity index (χ4v) is 8.31. The number of para-hydroxylation sites is 2. The number of aryl methyl sites for hydroxylation is 1. The van der Waals surface area contributed by atoms with Crippen LogP contribution in [0.15, 0.2) is 36.4 Å². The van der Waals surface area contributed by atoms with Crippen molar-refractivity contribution in [3.8, 4) is 6.01 Å². The van der Waals surface area contributed by atoms with Crippen LogP contribution in [0, 0.1) is 5.92 Å². The van der Waals surface area contributed by atoms with Gasteiger partial charge in [0.15, 0.2) is 0 Å². The Balaban J connectivity index is 1.31. The number of nitrogens with one attached hydrogen (secondary N) is 3. The number of amides is 4. The number of carbonyl (C=O) groups excluding carboxylic acids is 4. The molecule has 2 saturated carbocycles. The van der Waals surface area contributed by atoms with E-state index < -0.39 is 73.8 Å². The first kappa shape index (κ1) is 36.6. The number of imidazole rings is 1. The molecule has 1 aromatic heterocycles. The molecule has 2 aliphatic heterocycles. The van der Waals surface area contributed by atoms with E-state index in [1.165, 1.54) is 4.90 Å². The van der Waals surface area contributed by atoms with Crippen molar-refractivity contribution in [1.29, 1.82) is 0 Å². The summed E-state index contributed by atoms with van der Waals surface area (Å²) in [5.74, 6) is -2.28. The zero-order chi connectivity index (χ0) is 36.8. The smallest absolute Gasteiger partial charge is 0.408 e. The Morgan fingerprint density at radius 2 is 1.86 bits per heavy atom. The molecule has 0 spiro atoms. The van der Waals surface area contributed by atoms with Crippen molar-refractivity contribution in [1.82, 2.24) is 29.8 Å². The average molecular weight is 727 g/mol. The monoisotopic (exact) mass is 726 g/mol. The highest BCUT2D eigenvalue weighted by atomic mass is 32.2. The van der Waals surface area contributed by atoms with Gasteiger partial charge in [-0.05, 0) is 85.3 Å². The minimum Gasteiger partial charge on any atom is -0.459 e.